The van der Waals surface area contributed by atoms with Crippen LogP contribution in [0.25, 0.3) is 21.3 Å². The molecule has 26 heavy (non-hydrogen) atoms. The van der Waals surface area contributed by atoms with Crippen LogP contribution in [0.15, 0.2) is 40.6 Å². The quantitative estimate of drug-likeness (QED) is 0.220. The molecule has 9 nitrogen and oxygen atoms in total. The van der Waals surface area contributed by atoms with Gasteiger partial charge in [0.2, 0.25) is 0 Å². The van der Waals surface area contributed by atoms with Crippen molar-refractivity contribution in [3.05, 3.63) is 50.9 Å². The molecule has 1 aromatic carbocycles. The average molecular weight is 365 g/mol. The normalized spacial score (nSPS) is 10.7. The van der Waals surface area contributed by atoms with Gasteiger partial charge in [-0.05, 0) is 30.2 Å². The SMILES string of the molecule is NN(c1ccc2[nH]c(=O)sc2c1)c1ncnc2[nH]c(C#CCN=O)cc12. The lowest BCUT2D eigenvalue weighted by atomic mass is 10.2. The summed E-state index contributed by atoms with van der Waals surface area (Å²) in [5, 5.41) is 4.80. The van der Waals surface area contributed by atoms with E-state index in [0.29, 0.717) is 28.2 Å². The summed E-state index contributed by atoms with van der Waals surface area (Å²) in [5.74, 6) is 12.2. The minimum Gasteiger partial charge on any atom is -0.333 e. The summed E-state index contributed by atoms with van der Waals surface area (Å²) in [6.45, 7) is -0.0868. The van der Waals surface area contributed by atoms with Crippen molar-refractivity contribution < 1.29 is 0 Å². The lowest BCUT2D eigenvalue weighted by Gasteiger charge is -2.18. The zero-order chi connectivity index (χ0) is 18.1. The summed E-state index contributed by atoms with van der Waals surface area (Å²) < 4.78 is 0.801. The first-order valence-corrected chi connectivity index (χ1v) is 8.27. The molecule has 0 spiro atoms. The van der Waals surface area contributed by atoms with E-state index in [0.717, 1.165) is 21.6 Å². The molecule has 4 rings (SSSR count). The molecule has 0 bridgehead atoms. The standard InChI is InChI=1S/C16H11N7O2S/c17-23(10-3-4-12-13(7-10)26-16(24)22-12)15-11-6-9(2-1-5-20-25)21-14(11)18-8-19-15/h3-4,6-8H,5,17H2,(H,22,24)(H,18,19,21). The largest absolute Gasteiger partial charge is 0.333 e. The number of fused-ring (bicyclic) bond motifs is 2. The van der Waals surface area contributed by atoms with Crippen molar-refractivity contribution in [2.24, 2.45) is 11.0 Å². The molecule has 4 aromatic rings. The van der Waals surface area contributed by atoms with Gasteiger partial charge in [0.25, 0.3) is 0 Å². The summed E-state index contributed by atoms with van der Waals surface area (Å²) in [6, 6.07) is 7.16. The second kappa shape index (κ2) is 6.40. The van der Waals surface area contributed by atoms with Crippen molar-refractivity contribution in [1.82, 2.24) is 19.9 Å². The van der Waals surface area contributed by atoms with Gasteiger partial charge in [0.1, 0.15) is 18.5 Å². The number of hydrogen-bond donors (Lipinski definition) is 3. The highest BCUT2D eigenvalue weighted by Crippen LogP contribution is 2.29. The Balaban J connectivity index is 1.77. The number of hydrazine groups is 1. The number of rotatable bonds is 3. The van der Waals surface area contributed by atoms with E-state index in [1.54, 1.807) is 18.2 Å². The van der Waals surface area contributed by atoms with E-state index in [-0.39, 0.29) is 11.4 Å². The van der Waals surface area contributed by atoms with Gasteiger partial charge >= 0.3 is 4.87 Å². The van der Waals surface area contributed by atoms with Crippen LogP contribution < -0.4 is 15.7 Å². The van der Waals surface area contributed by atoms with Crippen LogP contribution in [-0.2, 0) is 0 Å². The van der Waals surface area contributed by atoms with E-state index in [4.69, 9.17) is 5.84 Å². The van der Waals surface area contributed by atoms with Gasteiger partial charge in [-0.15, -0.1) is 4.91 Å². The van der Waals surface area contributed by atoms with Crippen molar-refractivity contribution in [3.63, 3.8) is 0 Å². The molecule has 0 fully saturated rings. The van der Waals surface area contributed by atoms with Gasteiger partial charge in [-0.25, -0.2) is 15.8 Å². The number of aromatic nitrogens is 4. The van der Waals surface area contributed by atoms with Gasteiger partial charge in [0, 0.05) is 0 Å². The fraction of sp³-hybridized carbons (Fsp3) is 0.0625. The number of nitrogens with zero attached hydrogens (tertiary/aromatic N) is 4. The molecule has 128 valence electrons. The van der Waals surface area contributed by atoms with Crippen LogP contribution in [-0.4, -0.2) is 26.5 Å². The summed E-state index contributed by atoms with van der Waals surface area (Å²) >= 11 is 1.11. The van der Waals surface area contributed by atoms with Crippen molar-refractivity contribution in [1.29, 1.82) is 0 Å². The lowest BCUT2D eigenvalue weighted by Crippen LogP contribution is -2.26. The van der Waals surface area contributed by atoms with Gasteiger partial charge in [-0.3, -0.25) is 9.80 Å². The number of nitrogens with two attached hydrogens (primary N) is 1. The maximum Gasteiger partial charge on any atom is 0.305 e. The van der Waals surface area contributed by atoms with Crippen LogP contribution in [0.2, 0.25) is 0 Å². The zero-order valence-electron chi connectivity index (χ0n) is 13.2. The van der Waals surface area contributed by atoms with Crippen molar-refractivity contribution in [3.8, 4) is 11.8 Å². The van der Waals surface area contributed by atoms with Gasteiger partial charge in [-0.1, -0.05) is 22.4 Å². The second-order valence-electron chi connectivity index (χ2n) is 5.30. The second-order valence-corrected chi connectivity index (χ2v) is 6.31. The molecule has 0 amide bonds. The molecular weight excluding hydrogens is 354 g/mol. The van der Waals surface area contributed by atoms with Gasteiger partial charge in [0.15, 0.2) is 5.82 Å². The van der Waals surface area contributed by atoms with Crippen molar-refractivity contribution in [2.75, 3.05) is 11.6 Å². The highest BCUT2D eigenvalue weighted by Gasteiger charge is 2.14. The summed E-state index contributed by atoms with van der Waals surface area (Å²) in [5.41, 5.74) is 2.58. The number of anilines is 2. The molecule has 0 aliphatic carbocycles. The molecule has 10 heteroatoms. The maximum atomic E-state index is 11.5. The number of aromatic amines is 2. The van der Waals surface area contributed by atoms with Crippen molar-refractivity contribution >= 4 is 44.1 Å². The molecule has 0 aliphatic heterocycles. The summed E-state index contributed by atoms with van der Waals surface area (Å²) in [4.78, 5) is 35.7. The summed E-state index contributed by atoms with van der Waals surface area (Å²) in [6.07, 6.45) is 1.39. The third kappa shape index (κ3) is 2.81. The summed E-state index contributed by atoms with van der Waals surface area (Å²) in [7, 11) is 0. The van der Waals surface area contributed by atoms with Gasteiger partial charge in [0.05, 0.1) is 27.0 Å². The predicted octanol–water partition coefficient (Wildman–Crippen LogP) is 1.99. The Morgan fingerprint density at radius 1 is 1.27 bits per heavy atom. The maximum absolute atomic E-state index is 11.5. The fourth-order valence-corrected chi connectivity index (χ4v) is 3.33. The Hall–Kier alpha value is -3.55. The van der Waals surface area contributed by atoms with Crippen LogP contribution in [0.3, 0.4) is 0 Å². The molecule has 0 aliphatic rings. The van der Waals surface area contributed by atoms with Crippen LogP contribution >= 0.6 is 11.3 Å². The van der Waals surface area contributed by atoms with E-state index in [1.165, 1.54) is 11.3 Å². The van der Waals surface area contributed by atoms with Crippen molar-refractivity contribution in [2.45, 2.75) is 0 Å². The Bertz CT molecular complexity index is 1240. The monoisotopic (exact) mass is 365 g/mol. The molecule has 0 saturated heterocycles. The molecular formula is C16H11N7O2S. The Morgan fingerprint density at radius 3 is 3.00 bits per heavy atom. The minimum atomic E-state index is -0.121. The number of benzene rings is 1. The van der Waals surface area contributed by atoms with Crippen LogP contribution in [0.4, 0.5) is 11.5 Å². The van der Waals surface area contributed by atoms with E-state index < -0.39 is 0 Å². The third-order valence-corrected chi connectivity index (χ3v) is 4.53. The van der Waals surface area contributed by atoms with E-state index in [1.807, 2.05) is 6.07 Å². The minimum absolute atomic E-state index is 0.0868. The number of H-pyrrole nitrogens is 2. The molecule has 3 aromatic heterocycles. The molecule has 0 saturated carbocycles. The zero-order valence-corrected chi connectivity index (χ0v) is 14.0. The molecule has 0 unspecified atom stereocenters. The van der Waals surface area contributed by atoms with E-state index >= 15 is 0 Å². The first-order valence-electron chi connectivity index (χ1n) is 7.45. The third-order valence-electron chi connectivity index (χ3n) is 3.68. The van der Waals surface area contributed by atoms with Gasteiger partial charge < -0.3 is 9.97 Å². The molecule has 4 N–H and O–H groups in total. The number of nitrogens with one attached hydrogen (secondary N) is 2. The first-order chi connectivity index (χ1) is 12.7. The highest BCUT2D eigenvalue weighted by atomic mass is 32.1. The fourth-order valence-electron chi connectivity index (χ4n) is 2.56. The van der Waals surface area contributed by atoms with Crippen LogP contribution in [0.5, 0.6) is 0 Å². The number of hydrogen-bond acceptors (Lipinski definition) is 8. The molecule has 3 heterocycles. The topological polar surface area (TPSA) is 133 Å². The van der Waals surface area contributed by atoms with Gasteiger partial charge in [-0.2, -0.15) is 0 Å². The highest BCUT2D eigenvalue weighted by molar-refractivity contribution is 7.16. The van der Waals surface area contributed by atoms with E-state index in [9.17, 15) is 9.70 Å². The molecule has 0 radical (unpaired) electrons. The Morgan fingerprint density at radius 2 is 2.15 bits per heavy atom. The number of thiazole rings is 1. The first kappa shape index (κ1) is 15.9. The Labute approximate surface area is 149 Å². The predicted molar refractivity (Wildman–Crippen MR) is 100 cm³/mol. The lowest BCUT2D eigenvalue weighted by molar-refractivity contribution is 1.03. The molecule has 0 atom stereocenters. The number of nitroso groups, excluding NO2 is 1. The van der Waals surface area contributed by atoms with Crippen LogP contribution in [0, 0.1) is 16.7 Å². The Kier molecular flexibility index (Phi) is 3.92. The van der Waals surface area contributed by atoms with E-state index in [2.05, 4.69) is 37.0 Å². The smallest absolute Gasteiger partial charge is 0.305 e. The average Bonchev–Trinajstić information content (AvgIpc) is 3.22. The van der Waals surface area contributed by atoms with Crippen LogP contribution in [0.1, 0.15) is 5.69 Å².